The van der Waals surface area contributed by atoms with Gasteiger partial charge in [-0.2, -0.15) is 0 Å². The predicted octanol–water partition coefficient (Wildman–Crippen LogP) is 18.9. The smallest absolute Gasteiger partial charge is 0.306 e. The van der Waals surface area contributed by atoms with E-state index >= 15 is 0 Å². The second-order valence-corrected chi connectivity index (χ2v) is 19.6. The fourth-order valence-electron chi connectivity index (χ4n) is 8.68. The van der Waals surface area contributed by atoms with E-state index in [4.69, 9.17) is 14.2 Å². The molecule has 6 heteroatoms. The van der Waals surface area contributed by atoms with E-state index in [1.807, 2.05) is 0 Å². The summed E-state index contributed by atoms with van der Waals surface area (Å²) in [7, 11) is 0. The highest BCUT2D eigenvalue weighted by Gasteiger charge is 2.19. The lowest BCUT2D eigenvalue weighted by molar-refractivity contribution is -0.167. The van der Waals surface area contributed by atoms with Gasteiger partial charge in [-0.15, -0.1) is 0 Å². The van der Waals surface area contributed by atoms with Crippen LogP contribution in [0.25, 0.3) is 0 Å². The molecular formula is C58H110O6. The third kappa shape index (κ3) is 51.1. The van der Waals surface area contributed by atoms with Crippen molar-refractivity contribution in [2.45, 2.75) is 329 Å². The Morgan fingerprint density at radius 2 is 0.516 bits per heavy atom. The molecule has 0 bridgehead atoms. The van der Waals surface area contributed by atoms with Gasteiger partial charge in [-0.25, -0.2) is 0 Å². The molecule has 0 spiro atoms. The first-order chi connectivity index (χ1) is 31.5. The van der Waals surface area contributed by atoms with Gasteiger partial charge in [-0.1, -0.05) is 270 Å². The van der Waals surface area contributed by atoms with Crippen molar-refractivity contribution in [3.8, 4) is 0 Å². The third-order valence-electron chi connectivity index (χ3n) is 13.0. The van der Waals surface area contributed by atoms with Crippen molar-refractivity contribution in [2.75, 3.05) is 13.2 Å². The van der Waals surface area contributed by atoms with Gasteiger partial charge in [-0.05, 0) is 44.9 Å². The van der Waals surface area contributed by atoms with Gasteiger partial charge in [0.05, 0.1) is 0 Å². The molecule has 0 radical (unpaired) electrons. The number of esters is 3. The minimum atomic E-state index is -0.764. The van der Waals surface area contributed by atoms with Crippen molar-refractivity contribution in [1.29, 1.82) is 0 Å². The average Bonchev–Trinajstić information content (AvgIpc) is 3.29. The molecule has 0 aromatic heterocycles. The zero-order valence-corrected chi connectivity index (χ0v) is 43.3. The Hall–Kier alpha value is -1.85. The fourth-order valence-corrected chi connectivity index (χ4v) is 8.68. The molecule has 64 heavy (non-hydrogen) atoms. The maximum absolute atomic E-state index is 12.8. The van der Waals surface area contributed by atoms with Crippen molar-refractivity contribution in [3.05, 3.63) is 12.2 Å². The van der Waals surface area contributed by atoms with Gasteiger partial charge in [0, 0.05) is 19.3 Å². The lowest BCUT2D eigenvalue weighted by Crippen LogP contribution is -2.30. The molecule has 0 saturated heterocycles. The van der Waals surface area contributed by atoms with E-state index in [1.54, 1.807) is 0 Å². The minimum Gasteiger partial charge on any atom is -0.462 e. The molecule has 0 aliphatic rings. The van der Waals surface area contributed by atoms with Crippen LogP contribution in [-0.2, 0) is 28.6 Å². The van der Waals surface area contributed by atoms with Crippen molar-refractivity contribution in [3.63, 3.8) is 0 Å². The normalized spacial score (nSPS) is 12.0. The number of rotatable bonds is 53. The number of hydrogen-bond acceptors (Lipinski definition) is 6. The van der Waals surface area contributed by atoms with Crippen LogP contribution in [0.1, 0.15) is 323 Å². The molecule has 0 aliphatic heterocycles. The van der Waals surface area contributed by atoms with Gasteiger partial charge in [-0.3, -0.25) is 14.4 Å². The van der Waals surface area contributed by atoms with Gasteiger partial charge in [0.2, 0.25) is 0 Å². The molecule has 0 aromatic rings. The Morgan fingerprint density at radius 1 is 0.297 bits per heavy atom. The molecule has 378 valence electrons. The zero-order valence-electron chi connectivity index (χ0n) is 43.3. The van der Waals surface area contributed by atoms with Crippen LogP contribution in [0.4, 0.5) is 0 Å². The number of allylic oxidation sites excluding steroid dienone is 2. The summed E-state index contributed by atoms with van der Waals surface area (Å²) in [6.45, 7) is 6.68. The van der Waals surface area contributed by atoms with E-state index in [-0.39, 0.29) is 31.1 Å². The Morgan fingerprint density at radius 3 is 0.781 bits per heavy atom. The van der Waals surface area contributed by atoms with E-state index in [9.17, 15) is 14.4 Å². The molecule has 0 aliphatic carbocycles. The maximum atomic E-state index is 12.8. The standard InChI is InChI=1S/C58H110O6/c1-4-7-10-13-16-19-22-25-27-28-29-30-31-34-36-39-42-45-48-51-57(60)63-54-55(53-62-56(59)50-47-44-41-38-35-32-24-21-18-15-12-9-6-3)64-58(61)52-49-46-43-40-37-33-26-23-20-17-14-11-8-5-2/h25,27,55H,4-24,26,28-54H2,1-3H3/b27-25+/t55-/m1/s1. The first kappa shape index (κ1) is 62.1. The molecule has 0 aromatic carbocycles. The van der Waals surface area contributed by atoms with Crippen molar-refractivity contribution < 1.29 is 28.6 Å². The molecule has 0 amide bonds. The molecule has 1 atom stereocenters. The van der Waals surface area contributed by atoms with Crippen LogP contribution < -0.4 is 0 Å². The van der Waals surface area contributed by atoms with E-state index in [0.29, 0.717) is 19.3 Å². The topological polar surface area (TPSA) is 78.9 Å². The number of ether oxygens (including phenoxy) is 3. The maximum Gasteiger partial charge on any atom is 0.306 e. The number of carbonyl (C=O) groups excluding carboxylic acids is 3. The van der Waals surface area contributed by atoms with Crippen LogP contribution in [0.15, 0.2) is 12.2 Å². The van der Waals surface area contributed by atoms with E-state index in [1.165, 1.54) is 225 Å². The first-order valence-corrected chi connectivity index (χ1v) is 28.7. The second-order valence-electron chi connectivity index (χ2n) is 19.6. The van der Waals surface area contributed by atoms with Crippen LogP contribution in [0.2, 0.25) is 0 Å². The van der Waals surface area contributed by atoms with Gasteiger partial charge in [0.15, 0.2) is 6.10 Å². The van der Waals surface area contributed by atoms with Gasteiger partial charge < -0.3 is 14.2 Å². The summed E-state index contributed by atoms with van der Waals surface area (Å²) in [5, 5.41) is 0. The quantitative estimate of drug-likeness (QED) is 0.0262. The van der Waals surface area contributed by atoms with Crippen LogP contribution in [0.3, 0.4) is 0 Å². The summed E-state index contributed by atoms with van der Waals surface area (Å²) in [5.41, 5.74) is 0. The van der Waals surface area contributed by atoms with E-state index in [0.717, 1.165) is 57.8 Å². The van der Waals surface area contributed by atoms with Crippen molar-refractivity contribution in [2.24, 2.45) is 0 Å². The highest BCUT2D eigenvalue weighted by Crippen LogP contribution is 2.17. The van der Waals surface area contributed by atoms with Crippen LogP contribution >= 0.6 is 0 Å². The van der Waals surface area contributed by atoms with Crippen molar-refractivity contribution >= 4 is 17.9 Å². The van der Waals surface area contributed by atoms with E-state index in [2.05, 4.69) is 32.9 Å². The third-order valence-corrected chi connectivity index (χ3v) is 13.0. The summed E-state index contributed by atoms with van der Waals surface area (Å²) in [6.07, 6.45) is 60.5. The Balaban J connectivity index is 4.28. The molecule has 0 N–H and O–H groups in total. The number of carbonyl (C=O) groups is 3. The summed E-state index contributed by atoms with van der Waals surface area (Å²) in [4.78, 5) is 38.1. The number of hydrogen-bond donors (Lipinski definition) is 0. The van der Waals surface area contributed by atoms with Crippen LogP contribution in [-0.4, -0.2) is 37.2 Å². The molecule has 0 saturated carbocycles. The molecule has 6 nitrogen and oxygen atoms in total. The molecular weight excluding hydrogens is 793 g/mol. The lowest BCUT2D eigenvalue weighted by Gasteiger charge is -2.18. The SMILES string of the molecule is CCCCCCCC/C=C/CCCCCCCCCCCC(=O)OC[C@@H](COC(=O)CCCCCCCCCCCCCCC)OC(=O)CCCCCCCCCCCCCCCC. The van der Waals surface area contributed by atoms with Gasteiger partial charge in [0.1, 0.15) is 13.2 Å². The van der Waals surface area contributed by atoms with Crippen LogP contribution in [0, 0.1) is 0 Å². The molecule has 0 fully saturated rings. The second kappa shape index (κ2) is 53.8. The minimum absolute atomic E-state index is 0.0645. The lowest BCUT2D eigenvalue weighted by atomic mass is 10.0. The predicted molar refractivity (Wildman–Crippen MR) is 275 cm³/mol. The summed E-state index contributed by atoms with van der Waals surface area (Å²) in [6, 6.07) is 0. The van der Waals surface area contributed by atoms with Gasteiger partial charge >= 0.3 is 17.9 Å². The van der Waals surface area contributed by atoms with Crippen molar-refractivity contribution in [1.82, 2.24) is 0 Å². The Labute approximate surface area is 399 Å². The largest absolute Gasteiger partial charge is 0.462 e. The highest BCUT2D eigenvalue weighted by atomic mass is 16.6. The number of unbranched alkanes of at least 4 members (excludes halogenated alkanes) is 40. The average molecular weight is 904 g/mol. The molecule has 0 rings (SSSR count). The highest BCUT2D eigenvalue weighted by molar-refractivity contribution is 5.71. The Kier molecular flexibility index (Phi) is 52.2. The van der Waals surface area contributed by atoms with Crippen LogP contribution in [0.5, 0.6) is 0 Å². The first-order valence-electron chi connectivity index (χ1n) is 28.7. The molecule has 0 unspecified atom stereocenters. The fraction of sp³-hybridized carbons (Fsp3) is 0.914. The monoisotopic (exact) mass is 903 g/mol. The Bertz CT molecular complexity index is 993. The summed E-state index contributed by atoms with van der Waals surface area (Å²) < 4.78 is 16.9. The zero-order chi connectivity index (χ0) is 46.5. The summed E-state index contributed by atoms with van der Waals surface area (Å²) >= 11 is 0. The molecule has 0 heterocycles. The summed E-state index contributed by atoms with van der Waals surface area (Å²) in [5.74, 6) is -0.843. The van der Waals surface area contributed by atoms with Gasteiger partial charge in [0.25, 0.3) is 0 Å². The van der Waals surface area contributed by atoms with E-state index < -0.39 is 6.10 Å².